The van der Waals surface area contributed by atoms with Gasteiger partial charge in [-0.25, -0.2) is 8.42 Å². The minimum Gasteiger partial charge on any atom is -0.317 e. The van der Waals surface area contributed by atoms with Gasteiger partial charge in [0.25, 0.3) is 0 Å². The molecule has 5 heteroatoms. The van der Waals surface area contributed by atoms with Crippen molar-refractivity contribution in [1.82, 2.24) is 9.62 Å². The van der Waals surface area contributed by atoms with Crippen molar-refractivity contribution in [1.29, 1.82) is 0 Å². The van der Waals surface area contributed by atoms with Gasteiger partial charge in [0, 0.05) is 13.1 Å². The zero-order chi connectivity index (χ0) is 13.0. The molecule has 0 bridgehead atoms. The minimum absolute atomic E-state index is 0.404. The fraction of sp³-hybridized carbons (Fsp3) is 0.538. The highest BCUT2D eigenvalue weighted by molar-refractivity contribution is 7.89. The van der Waals surface area contributed by atoms with E-state index in [1.54, 1.807) is 16.4 Å². The largest absolute Gasteiger partial charge is 0.317 e. The van der Waals surface area contributed by atoms with Crippen LogP contribution in [0.4, 0.5) is 0 Å². The zero-order valence-corrected chi connectivity index (χ0v) is 11.5. The second-order valence-corrected chi connectivity index (χ2v) is 6.61. The monoisotopic (exact) mass is 268 g/mol. The number of benzene rings is 1. The summed E-state index contributed by atoms with van der Waals surface area (Å²) in [6.07, 6.45) is 1.73. The summed E-state index contributed by atoms with van der Waals surface area (Å²) in [7, 11) is -3.31. The van der Waals surface area contributed by atoms with Gasteiger partial charge in [-0.15, -0.1) is 0 Å². The van der Waals surface area contributed by atoms with Crippen molar-refractivity contribution in [2.75, 3.05) is 26.2 Å². The van der Waals surface area contributed by atoms with Gasteiger partial charge in [-0.1, -0.05) is 17.7 Å². The summed E-state index contributed by atoms with van der Waals surface area (Å²) < 4.78 is 26.5. The van der Waals surface area contributed by atoms with Crippen molar-refractivity contribution in [2.45, 2.75) is 24.7 Å². The molecule has 0 unspecified atom stereocenters. The topological polar surface area (TPSA) is 49.4 Å². The molecule has 18 heavy (non-hydrogen) atoms. The van der Waals surface area contributed by atoms with Crippen LogP contribution in [-0.2, 0) is 10.0 Å². The summed E-state index contributed by atoms with van der Waals surface area (Å²) in [5.41, 5.74) is 1.07. The molecule has 0 atom stereocenters. The van der Waals surface area contributed by atoms with Crippen LogP contribution in [0.1, 0.15) is 18.4 Å². The minimum atomic E-state index is -3.31. The second kappa shape index (κ2) is 5.82. The van der Waals surface area contributed by atoms with E-state index in [0.29, 0.717) is 18.0 Å². The maximum Gasteiger partial charge on any atom is 0.243 e. The van der Waals surface area contributed by atoms with Crippen molar-refractivity contribution >= 4 is 10.0 Å². The van der Waals surface area contributed by atoms with Gasteiger partial charge < -0.3 is 5.32 Å². The number of hydrogen-bond acceptors (Lipinski definition) is 3. The highest BCUT2D eigenvalue weighted by atomic mass is 32.2. The number of nitrogens with one attached hydrogen (secondary N) is 1. The molecule has 0 radical (unpaired) electrons. The lowest BCUT2D eigenvalue weighted by atomic mass is 10.2. The number of nitrogens with zero attached hydrogens (tertiary/aromatic N) is 1. The molecular weight excluding hydrogens is 248 g/mol. The lowest BCUT2D eigenvalue weighted by molar-refractivity contribution is 0.371. The highest BCUT2D eigenvalue weighted by Crippen LogP contribution is 2.17. The van der Waals surface area contributed by atoms with E-state index < -0.39 is 10.0 Å². The molecule has 2 rings (SSSR count). The van der Waals surface area contributed by atoms with E-state index in [0.717, 1.165) is 31.5 Å². The molecule has 1 N–H and O–H groups in total. The maximum absolute atomic E-state index is 12.5. The van der Waals surface area contributed by atoms with E-state index in [4.69, 9.17) is 0 Å². The first kappa shape index (κ1) is 13.5. The van der Waals surface area contributed by atoms with Crippen LogP contribution in [0.15, 0.2) is 29.2 Å². The van der Waals surface area contributed by atoms with Gasteiger partial charge in [-0.2, -0.15) is 4.31 Å². The molecule has 0 aliphatic carbocycles. The molecule has 100 valence electrons. The van der Waals surface area contributed by atoms with Crippen LogP contribution in [0.25, 0.3) is 0 Å². The molecule has 1 aromatic rings. The molecule has 1 aliphatic heterocycles. The Morgan fingerprint density at radius 1 is 1.06 bits per heavy atom. The van der Waals surface area contributed by atoms with Gasteiger partial charge in [0.1, 0.15) is 0 Å². The van der Waals surface area contributed by atoms with E-state index in [9.17, 15) is 8.42 Å². The van der Waals surface area contributed by atoms with Crippen molar-refractivity contribution in [3.05, 3.63) is 29.8 Å². The van der Waals surface area contributed by atoms with Gasteiger partial charge in [0.2, 0.25) is 10.0 Å². The summed E-state index contributed by atoms with van der Waals surface area (Å²) in [6, 6.07) is 7.08. The van der Waals surface area contributed by atoms with Crippen LogP contribution < -0.4 is 5.32 Å². The highest BCUT2D eigenvalue weighted by Gasteiger charge is 2.24. The molecule has 0 spiro atoms. The fourth-order valence-corrected chi connectivity index (χ4v) is 3.61. The number of aryl methyl sites for hydroxylation is 1. The number of hydrogen-bond donors (Lipinski definition) is 1. The van der Waals surface area contributed by atoms with Crippen LogP contribution in [0.3, 0.4) is 0 Å². The lowest BCUT2D eigenvalue weighted by Gasteiger charge is -2.24. The first-order valence-electron chi connectivity index (χ1n) is 6.38. The second-order valence-electron chi connectivity index (χ2n) is 4.67. The zero-order valence-electron chi connectivity index (χ0n) is 10.7. The van der Waals surface area contributed by atoms with E-state index in [2.05, 4.69) is 5.32 Å². The summed E-state index contributed by atoms with van der Waals surface area (Å²) in [5.74, 6) is 0. The molecule has 1 fully saturated rings. The van der Waals surface area contributed by atoms with Crippen LogP contribution in [0, 0.1) is 6.92 Å². The van der Waals surface area contributed by atoms with Crippen LogP contribution in [0.5, 0.6) is 0 Å². The fourth-order valence-electron chi connectivity index (χ4n) is 2.10. The van der Waals surface area contributed by atoms with Crippen LogP contribution in [-0.4, -0.2) is 38.9 Å². The Hall–Kier alpha value is -0.910. The van der Waals surface area contributed by atoms with Crippen LogP contribution in [0.2, 0.25) is 0 Å². The third-order valence-electron chi connectivity index (χ3n) is 3.18. The Morgan fingerprint density at radius 2 is 1.61 bits per heavy atom. The summed E-state index contributed by atoms with van der Waals surface area (Å²) in [4.78, 5) is 0.404. The summed E-state index contributed by atoms with van der Waals surface area (Å²) in [6.45, 7) is 4.93. The third kappa shape index (κ3) is 3.10. The Labute approximate surface area is 109 Å². The Morgan fingerprint density at radius 3 is 2.17 bits per heavy atom. The van der Waals surface area contributed by atoms with Crippen molar-refractivity contribution < 1.29 is 8.42 Å². The van der Waals surface area contributed by atoms with Crippen molar-refractivity contribution in [2.24, 2.45) is 0 Å². The summed E-state index contributed by atoms with van der Waals surface area (Å²) in [5, 5.41) is 3.28. The Kier molecular flexibility index (Phi) is 4.37. The standard InChI is InChI=1S/C13H20N2O2S/c1-12-4-6-13(7-5-12)18(16,17)15-10-2-8-14-9-3-11-15/h4-7,14H,2-3,8-11H2,1H3. The smallest absolute Gasteiger partial charge is 0.243 e. The Balaban J connectivity index is 2.20. The molecule has 0 aromatic heterocycles. The third-order valence-corrected chi connectivity index (χ3v) is 5.09. The molecule has 1 heterocycles. The predicted octanol–water partition coefficient (Wildman–Crippen LogP) is 1.37. The summed E-state index contributed by atoms with van der Waals surface area (Å²) >= 11 is 0. The maximum atomic E-state index is 12.5. The number of sulfonamides is 1. The van der Waals surface area contributed by atoms with Crippen molar-refractivity contribution in [3.8, 4) is 0 Å². The molecule has 4 nitrogen and oxygen atoms in total. The molecule has 0 amide bonds. The predicted molar refractivity (Wildman–Crippen MR) is 72.0 cm³/mol. The molecule has 1 aromatic carbocycles. The quantitative estimate of drug-likeness (QED) is 0.881. The van der Waals surface area contributed by atoms with Gasteiger partial charge in [-0.05, 0) is 45.0 Å². The lowest BCUT2D eigenvalue weighted by Crippen LogP contribution is -2.38. The average molecular weight is 268 g/mol. The van der Waals surface area contributed by atoms with Crippen LogP contribution >= 0.6 is 0 Å². The van der Waals surface area contributed by atoms with Gasteiger partial charge in [0.15, 0.2) is 0 Å². The average Bonchev–Trinajstić information content (AvgIpc) is 2.28. The molecule has 0 saturated carbocycles. The van der Waals surface area contributed by atoms with Gasteiger partial charge in [-0.3, -0.25) is 0 Å². The first-order chi connectivity index (χ1) is 8.60. The van der Waals surface area contributed by atoms with E-state index in [1.807, 2.05) is 19.1 Å². The molecule has 1 saturated heterocycles. The van der Waals surface area contributed by atoms with Gasteiger partial charge >= 0.3 is 0 Å². The van der Waals surface area contributed by atoms with E-state index in [-0.39, 0.29) is 0 Å². The number of rotatable bonds is 2. The molecular formula is C13H20N2O2S. The SMILES string of the molecule is Cc1ccc(S(=O)(=O)N2CCCNCCC2)cc1. The Bertz CT molecular complexity index is 474. The first-order valence-corrected chi connectivity index (χ1v) is 7.82. The van der Waals surface area contributed by atoms with Crippen molar-refractivity contribution in [3.63, 3.8) is 0 Å². The van der Waals surface area contributed by atoms with E-state index >= 15 is 0 Å². The normalized spacial score (nSPS) is 19.2. The van der Waals surface area contributed by atoms with Gasteiger partial charge in [0.05, 0.1) is 4.90 Å². The van der Waals surface area contributed by atoms with E-state index in [1.165, 1.54) is 0 Å². The molecule has 1 aliphatic rings.